The summed E-state index contributed by atoms with van der Waals surface area (Å²) in [5.41, 5.74) is 1.65. The van der Waals surface area contributed by atoms with Gasteiger partial charge in [-0.2, -0.15) is 0 Å². The van der Waals surface area contributed by atoms with Crippen LogP contribution in [0.2, 0.25) is 0 Å². The van der Waals surface area contributed by atoms with Crippen LogP contribution in [0.25, 0.3) is 0 Å². The van der Waals surface area contributed by atoms with Gasteiger partial charge in [-0.15, -0.1) is 0 Å². The van der Waals surface area contributed by atoms with Gasteiger partial charge in [-0.25, -0.2) is 0 Å². The first kappa shape index (κ1) is 16.0. The van der Waals surface area contributed by atoms with E-state index in [1.165, 1.54) is 0 Å². The second kappa shape index (κ2) is 6.72. The van der Waals surface area contributed by atoms with Gasteiger partial charge < -0.3 is 14.3 Å². The molecule has 6 nitrogen and oxygen atoms in total. The van der Waals surface area contributed by atoms with Crippen molar-refractivity contribution in [3.63, 3.8) is 0 Å². The molecule has 0 saturated carbocycles. The Morgan fingerprint density at radius 2 is 2.09 bits per heavy atom. The third kappa shape index (κ3) is 3.40. The highest BCUT2D eigenvalue weighted by Gasteiger charge is 2.21. The summed E-state index contributed by atoms with van der Waals surface area (Å²) in [6.07, 6.45) is 0.798. The lowest BCUT2D eigenvalue weighted by Crippen LogP contribution is -2.35. The van der Waals surface area contributed by atoms with Gasteiger partial charge >= 0.3 is 0 Å². The zero-order valence-electron chi connectivity index (χ0n) is 13.5. The number of furan rings is 1. The van der Waals surface area contributed by atoms with Crippen molar-refractivity contribution in [3.8, 4) is 0 Å². The fraction of sp³-hybridized carbons (Fsp3) is 0.500. The van der Waals surface area contributed by atoms with E-state index in [2.05, 4.69) is 33.6 Å². The Hall–Kier alpha value is -1.86. The van der Waals surface area contributed by atoms with Crippen LogP contribution in [0, 0.1) is 4.77 Å². The maximum atomic E-state index is 12.1. The molecule has 7 heteroatoms. The van der Waals surface area contributed by atoms with Crippen LogP contribution < -0.4 is 10.5 Å². The average molecular weight is 334 g/mol. The van der Waals surface area contributed by atoms with Crippen LogP contribution in [0.15, 0.2) is 21.3 Å². The highest BCUT2D eigenvalue weighted by Crippen LogP contribution is 2.21. The van der Waals surface area contributed by atoms with Crippen LogP contribution in [0.3, 0.4) is 0 Å². The SMILES string of the molecule is CCN(CC)c1ccc(CN2CCc3[nH]c(=S)[nH]c(=O)c3C2)o1. The number of fused-ring (bicyclic) bond motifs is 1. The zero-order valence-corrected chi connectivity index (χ0v) is 14.3. The van der Waals surface area contributed by atoms with E-state index in [9.17, 15) is 4.79 Å². The zero-order chi connectivity index (χ0) is 16.4. The molecule has 2 aromatic heterocycles. The number of nitrogens with one attached hydrogen (secondary N) is 2. The molecule has 0 spiro atoms. The average Bonchev–Trinajstić information content (AvgIpc) is 2.97. The molecule has 1 aliphatic heterocycles. The van der Waals surface area contributed by atoms with Gasteiger partial charge in [-0.1, -0.05) is 0 Å². The lowest BCUT2D eigenvalue weighted by Gasteiger charge is -2.27. The van der Waals surface area contributed by atoms with Gasteiger partial charge in [-0.05, 0) is 32.1 Å². The number of aromatic amines is 2. The molecular weight excluding hydrogens is 312 g/mol. The smallest absolute Gasteiger partial charge is 0.256 e. The monoisotopic (exact) mass is 334 g/mol. The number of hydrogen-bond acceptors (Lipinski definition) is 5. The van der Waals surface area contributed by atoms with Crippen LogP contribution in [0.4, 0.5) is 5.88 Å². The first-order valence-corrected chi connectivity index (χ1v) is 8.42. The summed E-state index contributed by atoms with van der Waals surface area (Å²) in [5.74, 6) is 1.83. The van der Waals surface area contributed by atoms with Crippen LogP contribution >= 0.6 is 12.2 Å². The van der Waals surface area contributed by atoms with Crippen LogP contribution in [-0.4, -0.2) is 34.5 Å². The topological polar surface area (TPSA) is 68.3 Å². The third-order valence-electron chi connectivity index (χ3n) is 4.29. The minimum Gasteiger partial charge on any atom is -0.444 e. The number of H-pyrrole nitrogens is 2. The van der Waals surface area contributed by atoms with Crippen molar-refractivity contribution in [2.24, 2.45) is 0 Å². The van der Waals surface area contributed by atoms with E-state index < -0.39 is 0 Å². The molecule has 1 aliphatic rings. The molecule has 0 radical (unpaired) electrons. The van der Waals surface area contributed by atoms with E-state index >= 15 is 0 Å². The van der Waals surface area contributed by atoms with Gasteiger partial charge in [-0.3, -0.25) is 14.7 Å². The summed E-state index contributed by atoms with van der Waals surface area (Å²) in [4.78, 5) is 22.2. The standard InChI is InChI=1S/C16H22N4O2S/c1-3-20(4-2)14-6-5-11(22-14)9-19-8-7-13-12(10-19)15(21)18-16(23)17-13/h5-6H,3-4,7-10H2,1-2H3,(H2,17,18,21,23). The highest BCUT2D eigenvalue weighted by molar-refractivity contribution is 7.71. The second-order valence-electron chi connectivity index (χ2n) is 5.74. The molecule has 0 bridgehead atoms. The van der Waals surface area contributed by atoms with E-state index in [-0.39, 0.29) is 5.56 Å². The summed E-state index contributed by atoms with van der Waals surface area (Å²) in [7, 11) is 0. The highest BCUT2D eigenvalue weighted by atomic mass is 32.1. The van der Waals surface area contributed by atoms with Crippen molar-refractivity contribution in [2.45, 2.75) is 33.4 Å². The number of hydrogen-bond donors (Lipinski definition) is 2. The summed E-state index contributed by atoms with van der Waals surface area (Å²) >= 11 is 5.03. The summed E-state index contributed by atoms with van der Waals surface area (Å²) in [5, 5.41) is 0. The molecule has 2 aromatic rings. The molecule has 3 rings (SSSR count). The van der Waals surface area contributed by atoms with Gasteiger partial charge in [0, 0.05) is 44.4 Å². The van der Waals surface area contributed by atoms with Crippen molar-refractivity contribution < 1.29 is 4.42 Å². The van der Waals surface area contributed by atoms with Crippen LogP contribution in [-0.2, 0) is 19.5 Å². The van der Waals surface area contributed by atoms with Crippen molar-refractivity contribution in [1.29, 1.82) is 0 Å². The molecule has 0 amide bonds. The number of rotatable bonds is 5. The molecule has 0 fully saturated rings. The Bertz CT molecular complexity index is 788. The summed E-state index contributed by atoms with van der Waals surface area (Å²) in [6, 6.07) is 4.04. The Morgan fingerprint density at radius 1 is 1.30 bits per heavy atom. The molecule has 3 heterocycles. The quantitative estimate of drug-likeness (QED) is 0.822. The second-order valence-corrected chi connectivity index (χ2v) is 6.15. The lowest BCUT2D eigenvalue weighted by atomic mass is 10.1. The number of anilines is 1. The van der Waals surface area contributed by atoms with Crippen LogP contribution in [0.5, 0.6) is 0 Å². The van der Waals surface area contributed by atoms with Crippen LogP contribution in [0.1, 0.15) is 30.9 Å². The van der Waals surface area contributed by atoms with Gasteiger partial charge in [0.15, 0.2) is 10.7 Å². The van der Waals surface area contributed by atoms with Crippen molar-refractivity contribution >= 4 is 18.1 Å². The fourth-order valence-corrected chi connectivity index (χ4v) is 3.24. The van der Waals surface area contributed by atoms with Crippen molar-refractivity contribution in [3.05, 3.63) is 44.3 Å². The molecule has 0 atom stereocenters. The molecule has 2 N–H and O–H groups in total. The Labute approximate surface area is 140 Å². The van der Waals surface area contributed by atoms with Crippen molar-refractivity contribution in [1.82, 2.24) is 14.9 Å². The van der Waals surface area contributed by atoms with E-state index in [1.807, 2.05) is 12.1 Å². The van der Waals surface area contributed by atoms with E-state index in [0.717, 1.165) is 49.0 Å². The lowest BCUT2D eigenvalue weighted by molar-refractivity contribution is 0.223. The molecule has 0 saturated heterocycles. The van der Waals surface area contributed by atoms with E-state index in [4.69, 9.17) is 16.6 Å². The number of nitrogens with zero attached hydrogens (tertiary/aromatic N) is 2. The van der Waals surface area contributed by atoms with E-state index in [0.29, 0.717) is 17.9 Å². The fourth-order valence-electron chi connectivity index (χ4n) is 3.02. The summed E-state index contributed by atoms with van der Waals surface area (Å²) in [6.45, 7) is 8.27. The van der Waals surface area contributed by atoms with Crippen molar-refractivity contribution in [2.75, 3.05) is 24.5 Å². The van der Waals surface area contributed by atoms with Gasteiger partial charge in [0.05, 0.1) is 12.1 Å². The van der Waals surface area contributed by atoms with E-state index in [1.54, 1.807) is 0 Å². The molecular formula is C16H22N4O2S. The normalized spacial score (nSPS) is 14.7. The molecule has 23 heavy (non-hydrogen) atoms. The van der Waals surface area contributed by atoms with Gasteiger partial charge in [0.25, 0.3) is 5.56 Å². The first-order chi connectivity index (χ1) is 11.1. The molecule has 0 aromatic carbocycles. The first-order valence-electron chi connectivity index (χ1n) is 8.01. The maximum Gasteiger partial charge on any atom is 0.256 e. The number of aromatic nitrogens is 2. The van der Waals surface area contributed by atoms with Gasteiger partial charge in [0.1, 0.15) is 5.76 Å². The largest absolute Gasteiger partial charge is 0.444 e. The predicted octanol–water partition coefficient (Wildman–Crippen LogP) is 2.43. The van der Waals surface area contributed by atoms with Gasteiger partial charge in [0.2, 0.25) is 0 Å². The summed E-state index contributed by atoms with van der Waals surface area (Å²) < 4.78 is 6.34. The third-order valence-corrected chi connectivity index (χ3v) is 4.50. The predicted molar refractivity (Wildman–Crippen MR) is 92.3 cm³/mol. The molecule has 0 unspecified atom stereocenters. The Kier molecular flexibility index (Phi) is 4.68. The minimum atomic E-state index is -0.0864. The minimum absolute atomic E-state index is 0.0864. The Balaban J connectivity index is 1.73. The Morgan fingerprint density at radius 3 is 2.83 bits per heavy atom. The maximum absolute atomic E-state index is 12.1. The molecule has 0 aliphatic carbocycles. The molecule has 124 valence electrons.